The number of piperazine rings is 1. The number of rotatable bonds is 2. The van der Waals surface area contributed by atoms with Crippen molar-refractivity contribution in [1.29, 1.82) is 0 Å². The normalized spacial score (nSPS) is 19.7. The smallest absolute Gasteiger partial charge is 0.243 e. The first-order valence-electron chi connectivity index (χ1n) is 6.72. The third kappa shape index (κ3) is 3.04. The van der Waals surface area contributed by atoms with Crippen LogP contribution in [0.2, 0.25) is 0 Å². The maximum absolute atomic E-state index is 13.8. The summed E-state index contributed by atoms with van der Waals surface area (Å²) in [7, 11) is 0. The van der Waals surface area contributed by atoms with Crippen LogP contribution in [0.5, 0.6) is 0 Å². The van der Waals surface area contributed by atoms with Gasteiger partial charge in [0.15, 0.2) is 11.6 Å². The van der Waals surface area contributed by atoms with Gasteiger partial charge >= 0.3 is 0 Å². The van der Waals surface area contributed by atoms with Gasteiger partial charge in [0, 0.05) is 12.1 Å². The molecule has 1 unspecified atom stereocenters. The maximum Gasteiger partial charge on any atom is 0.243 e. The Kier molecular flexibility index (Phi) is 3.98. The molecule has 1 atom stereocenters. The van der Waals surface area contributed by atoms with Crippen LogP contribution in [0, 0.1) is 17.0 Å². The van der Waals surface area contributed by atoms with Crippen molar-refractivity contribution in [3.63, 3.8) is 0 Å². The lowest BCUT2D eigenvalue weighted by Crippen LogP contribution is -2.62. The summed E-state index contributed by atoms with van der Waals surface area (Å²) in [6, 6.07) is 3.10. The highest BCUT2D eigenvalue weighted by Gasteiger charge is 2.42. The van der Waals surface area contributed by atoms with Crippen molar-refractivity contribution in [2.24, 2.45) is 5.41 Å². The van der Waals surface area contributed by atoms with Crippen LogP contribution < -0.4 is 5.32 Å². The van der Waals surface area contributed by atoms with E-state index in [1.54, 1.807) is 0 Å². The predicted octanol–water partition coefficient (Wildman–Crippen LogP) is 1.84. The molecule has 0 bridgehead atoms. The van der Waals surface area contributed by atoms with Gasteiger partial charge in [-0.2, -0.15) is 0 Å². The molecule has 2 rings (SSSR count). The van der Waals surface area contributed by atoms with Crippen LogP contribution in [0.25, 0.3) is 0 Å². The lowest BCUT2D eigenvalue weighted by atomic mass is 9.83. The maximum atomic E-state index is 13.8. The number of hydrogen-bond acceptors (Lipinski definition) is 2. The fourth-order valence-corrected chi connectivity index (χ4v) is 2.54. The van der Waals surface area contributed by atoms with Gasteiger partial charge in [-0.05, 0) is 11.5 Å². The first-order chi connectivity index (χ1) is 9.71. The molecule has 0 saturated carbocycles. The molecular formula is C15H18F2N2O2. The number of hydrogen-bond donors (Lipinski definition) is 1. The standard InChI is InChI=1S/C15H18F2N2O2/c1-15(2,3)13-14(21)18-7-11(20)19(13)8-9-5-4-6-10(16)12(9)17/h4-6,13H,7-8H2,1-3H3,(H,18,21). The topological polar surface area (TPSA) is 49.4 Å². The molecule has 6 heteroatoms. The number of carbonyl (C=O) groups is 2. The van der Waals surface area contributed by atoms with Crippen LogP contribution in [0.3, 0.4) is 0 Å². The summed E-state index contributed by atoms with van der Waals surface area (Å²) in [5.41, 5.74) is -0.448. The number of amides is 2. The molecule has 1 N–H and O–H groups in total. The van der Waals surface area contributed by atoms with Crippen LogP contribution in [-0.2, 0) is 16.1 Å². The van der Waals surface area contributed by atoms with E-state index < -0.39 is 23.1 Å². The molecular weight excluding hydrogens is 278 g/mol. The summed E-state index contributed by atoms with van der Waals surface area (Å²) in [5.74, 6) is -2.53. The monoisotopic (exact) mass is 296 g/mol. The van der Waals surface area contributed by atoms with E-state index in [2.05, 4.69) is 5.32 Å². The summed E-state index contributed by atoms with van der Waals surface area (Å²) < 4.78 is 27.1. The minimum absolute atomic E-state index is 0.0623. The molecule has 2 amide bonds. The Bertz CT molecular complexity index is 582. The van der Waals surface area contributed by atoms with Crippen LogP contribution in [-0.4, -0.2) is 29.3 Å². The molecule has 1 saturated heterocycles. The predicted molar refractivity (Wildman–Crippen MR) is 73.2 cm³/mol. The summed E-state index contributed by atoms with van der Waals surface area (Å²) in [6.45, 7) is 5.22. The summed E-state index contributed by atoms with van der Waals surface area (Å²) >= 11 is 0. The van der Waals surface area contributed by atoms with E-state index in [9.17, 15) is 18.4 Å². The molecule has 1 aliphatic heterocycles. The van der Waals surface area contributed by atoms with Crippen LogP contribution >= 0.6 is 0 Å². The van der Waals surface area contributed by atoms with E-state index >= 15 is 0 Å². The first kappa shape index (κ1) is 15.4. The van der Waals surface area contributed by atoms with Crippen molar-refractivity contribution in [2.75, 3.05) is 6.54 Å². The zero-order valence-corrected chi connectivity index (χ0v) is 12.2. The Morgan fingerprint density at radius 3 is 2.57 bits per heavy atom. The Labute approximate surface area is 122 Å². The highest BCUT2D eigenvalue weighted by atomic mass is 19.2. The second kappa shape index (κ2) is 5.42. The number of nitrogens with one attached hydrogen (secondary N) is 1. The average molecular weight is 296 g/mol. The molecule has 4 nitrogen and oxygen atoms in total. The number of carbonyl (C=O) groups excluding carboxylic acids is 2. The Hall–Kier alpha value is -1.98. The molecule has 21 heavy (non-hydrogen) atoms. The van der Waals surface area contributed by atoms with Gasteiger partial charge < -0.3 is 10.2 Å². The third-order valence-electron chi connectivity index (χ3n) is 3.49. The van der Waals surface area contributed by atoms with Crippen molar-refractivity contribution >= 4 is 11.8 Å². The Morgan fingerprint density at radius 1 is 1.29 bits per heavy atom. The fourth-order valence-electron chi connectivity index (χ4n) is 2.54. The molecule has 0 aromatic heterocycles. The highest BCUT2D eigenvalue weighted by molar-refractivity contribution is 5.95. The van der Waals surface area contributed by atoms with Crippen molar-refractivity contribution < 1.29 is 18.4 Å². The summed E-state index contributed by atoms with van der Waals surface area (Å²) in [4.78, 5) is 25.5. The zero-order valence-electron chi connectivity index (χ0n) is 12.2. The van der Waals surface area contributed by atoms with Gasteiger partial charge in [0.1, 0.15) is 6.04 Å². The van der Waals surface area contributed by atoms with Crippen LogP contribution in [0.15, 0.2) is 18.2 Å². The average Bonchev–Trinajstić information content (AvgIpc) is 2.37. The molecule has 0 radical (unpaired) electrons. The second-order valence-corrected chi connectivity index (χ2v) is 6.22. The first-order valence-corrected chi connectivity index (χ1v) is 6.72. The summed E-state index contributed by atoms with van der Waals surface area (Å²) in [6.07, 6.45) is 0. The quantitative estimate of drug-likeness (QED) is 0.905. The van der Waals surface area contributed by atoms with E-state index in [-0.39, 0.29) is 30.5 Å². The molecule has 0 spiro atoms. The van der Waals surface area contributed by atoms with Gasteiger partial charge in [-0.3, -0.25) is 9.59 Å². The SMILES string of the molecule is CC(C)(C)C1C(=O)NCC(=O)N1Cc1cccc(F)c1F. The van der Waals surface area contributed by atoms with Crippen molar-refractivity contribution in [1.82, 2.24) is 10.2 Å². The van der Waals surface area contributed by atoms with E-state index in [0.717, 1.165) is 6.07 Å². The number of nitrogens with zero attached hydrogens (tertiary/aromatic N) is 1. The highest BCUT2D eigenvalue weighted by Crippen LogP contribution is 2.28. The number of halogens is 2. The molecule has 1 aromatic rings. The zero-order chi connectivity index (χ0) is 15.8. The van der Waals surface area contributed by atoms with Crippen molar-refractivity contribution in [3.8, 4) is 0 Å². The molecule has 1 fully saturated rings. The van der Waals surface area contributed by atoms with Gasteiger partial charge in [-0.15, -0.1) is 0 Å². The summed E-state index contributed by atoms with van der Waals surface area (Å²) in [5, 5.41) is 2.53. The van der Waals surface area contributed by atoms with Crippen molar-refractivity contribution in [3.05, 3.63) is 35.4 Å². The van der Waals surface area contributed by atoms with E-state index in [4.69, 9.17) is 0 Å². The molecule has 1 heterocycles. The van der Waals surface area contributed by atoms with E-state index in [0.29, 0.717) is 0 Å². The van der Waals surface area contributed by atoms with Crippen LogP contribution in [0.1, 0.15) is 26.3 Å². The van der Waals surface area contributed by atoms with Gasteiger partial charge in [0.25, 0.3) is 0 Å². The Balaban J connectivity index is 2.36. The van der Waals surface area contributed by atoms with Gasteiger partial charge in [0.05, 0.1) is 6.54 Å². The van der Waals surface area contributed by atoms with Gasteiger partial charge in [0.2, 0.25) is 11.8 Å². The number of benzene rings is 1. The lowest BCUT2D eigenvalue weighted by molar-refractivity contribution is -0.150. The van der Waals surface area contributed by atoms with Crippen molar-refractivity contribution in [2.45, 2.75) is 33.4 Å². The van der Waals surface area contributed by atoms with Gasteiger partial charge in [-0.1, -0.05) is 32.9 Å². The minimum atomic E-state index is -0.982. The Morgan fingerprint density at radius 2 is 1.95 bits per heavy atom. The van der Waals surface area contributed by atoms with E-state index in [1.807, 2.05) is 20.8 Å². The van der Waals surface area contributed by atoms with Crippen LogP contribution in [0.4, 0.5) is 8.78 Å². The molecule has 1 aliphatic rings. The molecule has 114 valence electrons. The van der Waals surface area contributed by atoms with E-state index in [1.165, 1.54) is 17.0 Å². The fraction of sp³-hybridized carbons (Fsp3) is 0.467. The molecule has 0 aliphatic carbocycles. The van der Waals surface area contributed by atoms with Gasteiger partial charge in [-0.25, -0.2) is 8.78 Å². The minimum Gasteiger partial charge on any atom is -0.345 e. The lowest BCUT2D eigenvalue weighted by Gasteiger charge is -2.42. The largest absolute Gasteiger partial charge is 0.345 e. The second-order valence-electron chi connectivity index (χ2n) is 6.22. The third-order valence-corrected chi connectivity index (χ3v) is 3.49. The molecule has 1 aromatic carbocycles.